The summed E-state index contributed by atoms with van der Waals surface area (Å²) in [4.78, 5) is 9.30. The van der Waals surface area contributed by atoms with Crippen molar-refractivity contribution in [1.82, 2.24) is 19.8 Å². The zero-order valence-corrected chi connectivity index (χ0v) is 19.4. The average Bonchev–Trinajstić information content (AvgIpc) is 3.46. The first-order chi connectivity index (χ1) is 17.9. The van der Waals surface area contributed by atoms with E-state index in [0.717, 1.165) is 34.9 Å². The van der Waals surface area contributed by atoms with Crippen LogP contribution in [0.1, 0.15) is 0 Å². The molecular formula is C30H22N6. The maximum atomic E-state index is 4.81. The third-order valence-corrected chi connectivity index (χ3v) is 7.24. The molecular weight excluding hydrogens is 444 g/mol. The number of aliphatic imine (C=N–C) groups is 2. The molecule has 6 heteroatoms. The van der Waals surface area contributed by atoms with E-state index in [-0.39, 0.29) is 6.17 Å². The first-order valence-electron chi connectivity index (χ1n) is 12.2. The zero-order valence-electron chi connectivity index (χ0n) is 19.4. The van der Waals surface area contributed by atoms with Gasteiger partial charge in [-0.1, -0.05) is 60.7 Å². The summed E-state index contributed by atoms with van der Waals surface area (Å²) in [5.74, 6) is 0.793. The van der Waals surface area contributed by atoms with E-state index >= 15 is 0 Å². The molecule has 2 aromatic heterocycles. The van der Waals surface area contributed by atoms with Gasteiger partial charge in [0.2, 0.25) is 5.96 Å². The molecule has 6 nitrogen and oxygen atoms in total. The van der Waals surface area contributed by atoms with Crippen LogP contribution in [0.4, 0.5) is 0 Å². The molecule has 0 radical (unpaired) electrons. The number of para-hydroxylation sites is 3. The van der Waals surface area contributed by atoms with Crippen molar-refractivity contribution in [2.75, 3.05) is 6.54 Å². The van der Waals surface area contributed by atoms with Crippen LogP contribution in [0, 0.1) is 0 Å². The summed E-state index contributed by atoms with van der Waals surface area (Å²) in [6, 6.07) is 32.4. The summed E-state index contributed by atoms with van der Waals surface area (Å²) in [7, 11) is 0. The highest BCUT2D eigenvalue weighted by molar-refractivity contribution is 6.27. The predicted octanol–water partition coefficient (Wildman–Crippen LogP) is 5.54. The monoisotopic (exact) mass is 466 g/mol. The van der Waals surface area contributed by atoms with Crippen LogP contribution in [-0.2, 0) is 0 Å². The lowest BCUT2D eigenvalue weighted by atomic mass is 10.1. The van der Waals surface area contributed by atoms with E-state index in [4.69, 9.17) is 4.99 Å². The topological polar surface area (TPSA) is 58.6 Å². The maximum absolute atomic E-state index is 4.81. The Kier molecular flexibility index (Phi) is 4.03. The molecule has 1 atom stereocenters. The number of hydrogen-bond donors (Lipinski definition) is 2. The van der Waals surface area contributed by atoms with Crippen molar-refractivity contribution in [1.29, 1.82) is 0 Å². The minimum absolute atomic E-state index is 0.0572. The fourth-order valence-corrected chi connectivity index (χ4v) is 5.73. The Labute approximate surface area is 206 Å². The Hall–Kier alpha value is -4.68. The first-order valence-corrected chi connectivity index (χ1v) is 12.2. The summed E-state index contributed by atoms with van der Waals surface area (Å²) >= 11 is 0. The van der Waals surface area contributed by atoms with Gasteiger partial charge < -0.3 is 9.88 Å². The molecule has 1 unspecified atom stereocenters. The molecule has 0 amide bonds. The maximum Gasteiger partial charge on any atom is 0.209 e. The van der Waals surface area contributed by atoms with Gasteiger partial charge in [-0.2, -0.15) is 0 Å². The van der Waals surface area contributed by atoms with Gasteiger partial charge in [-0.25, -0.2) is 4.99 Å². The number of rotatable bonds is 1. The Balaban J connectivity index is 1.53. The van der Waals surface area contributed by atoms with Gasteiger partial charge in [0.25, 0.3) is 0 Å². The molecule has 0 bridgehead atoms. The van der Waals surface area contributed by atoms with Crippen LogP contribution in [0.25, 0.3) is 49.3 Å². The molecule has 36 heavy (non-hydrogen) atoms. The quantitative estimate of drug-likeness (QED) is 0.334. The van der Waals surface area contributed by atoms with Crippen molar-refractivity contribution in [2.45, 2.75) is 6.17 Å². The van der Waals surface area contributed by atoms with E-state index in [1.807, 2.05) is 12.4 Å². The smallest absolute Gasteiger partial charge is 0.209 e. The van der Waals surface area contributed by atoms with E-state index in [9.17, 15) is 0 Å². The third-order valence-electron chi connectivity index (χ3n) is 7.24. The predicted molar refractivity (Wildman–Crippen MR) is 148 cm³/mol. The highest BCUT2D eigenvalue weighted by atomic mass is 15.3. The lowest BCUT2D eigenvalue weighted by molar-refractivity contribution is 0.553. The van der Waals surface area contributed by atoms with Gasteiger partial charge in [-0.3, -0.25) is 14.9 Å². The van der Waals surface area contributed by atoms with Crippen molar-refractivity contribution in [3.63, 3.8) is 0 Å². The largest absolute Gasteiger partial charge is 0.334 e. The normalized spacial score (nSPS) is 17.4. The number of aromatic nitrogens is 2. The van der Waals surface area contributed by atoms with Crippen LogP contribution < -0.4 is 10.6 Å². The van der Waals surface area contributed by atoms with E-state index in [0.29, 0.717) is 0 Å². The first kappa shape index (κ1) is 19.6. The second-order valence-corrected chi connectivity index (χ2v) is 9.20. The average molecular weight is 467 g/mol. The number of benzene rings is 4. The minimum atomic E-state index is -0.0572. The van der Waals surface area contributed by atoms with Crippen molar-refractivity contribution in [3.05, 3.63) is 103 Å². The molecule has 0 saturated carbocycles. The van der Waals surface area contributed by atoms with Crippen LogP contribution >= 0.6 is 0 Å². The Morgan fingerprint density at radius 3 is 2.31 bits per heavy atom. The lowest BCUT2D eigenvalue weighted by Gasteiger charge is -2.27. The summed E-state index contributed by atoms with van der Waals surface area (Å²) < 4.78 is 4.64. The fraction of sp³-hybridized carbons (Fsp3) is 0.0667. The van der Waals surface area contributed by atoms with Gasteiger partial charge in [-0.05, 0) is 30.3 Å². The van der Waals surface area contributed by atoms with E-state index in [2.05, 4.69) is 116 Å². The molecule has 172 valence electrons. The summed E-state index contributed by atoms with van der Waals surface area (Å²) in [6.07, 6.45) is 3.68. The van der Waals surface area contributed by atoms with E-state index in [1.165, 1.54) is 32.6 Å². The Bertz CT molecular complexity index is 1920. The minimum Gasteiger partial charge on any atom is -0.334 e. The van der Waals surface area contributed by atoms with Crippen molar-refractivity contribution >= 4 is 55.8 Å². The van der Waals surface area contributed by atoms with Gasteiger partial charge >= 0.3 is 0 Å². The van der Waals surface area contributed by atoms with Gasteiger partial charge in [0.15, 0.2) is 0 Å². The van der Waals surface area contributed by atoms with Crippen LogP contribution in [0.15, 0.2) is 113 Å². The van der Waals surface area contributed by atoms with E-state index < -0.39 is 0 Å². The molecule has 4 heterocycles. The molecule has 8 rings (SSSR count). The number of nitrogens with zero attached hydrogens (tertiary/aromatic N) is 4. The molecule has 0 aliphatic carbocycles. The Morgan fingerprint density at radius 1 is 0.694 bits per heavy atom. The molecule has 2 N–H and O–H groups in total. The van der Waals surface area contributed by atoms with Crippen LogP contribution in [0.5, 0.6) is 0 Å². The summed E-state index contributed by atoms with van der Waals surface area (Å²) in [6.45, 7) is 0.729. The van der Waals surface area contributed by atoms with Crippen molar-refractivity contribution in [3.8, 4) is 5.69 Å². The molecule has 2 aliphatic rings. The van der Waals surface area contributed by atoms with Crippen molar-refractivity contribution in [2.24, 2.45) is 9.98 Å². The number of nitrogens with one attached hydrogen (secondary N) is 2. The fourth-order valence-electron chi connectivity index (χ4n) is 5.73. The molecule has 4 aromatic carbocycles. The van der Waals surface area contributed by atoms with Gasteiger partial charge in [0.1, 0.15) is 6.17 Å². The van der Waals surface area contributed by atoms with Crippen LogP contribution in [0.3, 0.4) is 0 Å². The van der Waals surface area contributed by atoms with Crippen LogP contribution in [0.2, 0.25) is 0 Å². The standard InChI is InChI=1S/C30H22N6/c1-2-8-19(9-3-1)35-24-12-6-4-10-20(24)21-14-15-26-27(28(21)35)22-11-5-7-13-25(22)36(26)30-33-18-23-29(34-30)32-17-16-31-23/h1-16,18,29,32H,17H2,(H,33,34). The molecule has 6 aromatic rings. The second kappa shape index (κ2) is 7.41. The van der Waals surface area contributed by atoms with Crippen LogP contribution in [-0.4, -0.2) is 34.0 Å². The summed E-state index contributed by atoms with van der Waals surface area (Å²) in [5, 5.41) is 12.0. The number of fused-ring (bicyclic) bond motifs is 8. The van der Waals surface area contributed by atoms with E-state index in [1.54, 1.807) is 0 Å². The lowest BCUT2D eigenvalue weighted by Crippen LogP contribution is -2.52. The highest BCUT2D eigenvalue weighted by Crippen LogP contribution is 2.40. The van der Waals surface area contributed by atoms with Gasteiger partial charge in [0, 0.05) is 40.0 Å². The molecule has 0 fully saturated rings. The third kappa shape index (κ3) is 2.64. The summed E-state index contributed by atoms with van der Waals surface area (Å²) in [5.41, 5.74) is 6.70. The molecule has 0 saturated heterocycles. The van der Waals surface area contributed by atoms with Gasteiger partial charge in [-0.15, -0.1) is 0 Å². The molecule has 2 aliphatic heterocycles. The van der Waals surface area contributed by atoms with Crippen molar-refractivity contribution < 1.29 is 0 Å². The van der Waals surface area contributed by atoms with Gasteiger partial charge in [0.05, 0.1) is 34.0 Å². The second-order valence-electron chi connectivity index (χ2n) is 9.20. The zero-order chi connectivity index (χ0) is 23.6. The number of hydrogen-bond acceptors (Lipinski definition) is 4. The highest BCUT2D eigenvalue weighted by Gasteiger charge is 2.25. The molecule has 0 spiro atoms. The SMILES string of the molecule is C1=NC2=CN=C(n3c4ccccc4c4c3ccc3c5ccccc5n(-c5ccccc5)c34)NC2NC1. The Morgan fingerprint density at radius 2 is 1.44 bits per heavy atom.